The molecule has 1 aromatic heterocycles. The van der Waals surface area contributed by atoms with Crippen LogP contribution in [0, 0.1) is 0 Å². The van der Waals surface area contributed by atoms with E-state index in [9.17, 15) is 14.4 Å². The monoisotopic (exact) mass is 933 g/mol. The summed E-state index contributed by atoms with van der Waals surface area (Å²) in [5.74, 6) is -0.471. The van der Waals surface area contributed by atoms with Crippen LogP contribution in [0.5, 0.6) is 5.75 Å². The van der Waals surface area contributed by atoms with Crippen LogP contribution >= 0.6 is 23.1 Å². The Kier molecular flexibility index (Phi) is 13.3. The molecule has 342 valence electrons. The molecule has 2 amide bonds. The van der Waals surface area contributed by atoms with Crippen molar-refractivity contribution in [3.63, 3.8) is 0 Å². The number of hydrogen-bond donors (Lipinski definition) is 2. The lowest BCUT2D eigenvalue weighted by Crippen LogP contribution is -2.71. The molecular weight excluding hydrogens is 881 g/mol. The van der Waals surface area contributed by atoms with Crippen molar-refractivity contribution < 1.29 is 33.2 Å². The first kappa shape index (κ1) is 45.4. The van der Waals surface area contributed by atoms with E-state index in [-0.39, 0.29) is 29.8 Å². The number of benzene rings is 5. The molecule has 2 unspecified atom stereocenters. The second-order valence-corrected chi connectivity index (χ2v) is 19.4. The maximum absolute atomic E-state index is 14.4. The molecule has 6 aromatic rings. The van der Waals surface area contributed by atoms with Crippen molar-refractivity contribution in [2.24, 2.45) is 5.16 Å². The van der Waals surface area contributed by atoms with E-state index < -0.39 is 34.7 Å². The Bertz CT molecular complexity index is 2700. The van der Waals surface area contributed by atoms with Gasteiger partial charge in [0, 0.05) is 28.7 Å². The molecule has 14 heteroatoms. The van der Waals surface area contributed by atoms with Crippen LogP contribution < -0.4 is 15.4 Å². The van der Waals surface area contributed by atoms with Gasteiger partial charge in [0.1, 0.15) is 60.4 Å². The van der Waals surface area contributed by atoms with Crippen LogP contribution in [0.1, 0.15) is 58.0 Å². The molecule has 0 bridgehead atoms. The van der Waals surface area contributed by atoms with Crippen LogP contribution in [-0.4, -0.2) is 89.9 Å². The summed E-state index contributed by atoms with van der Waals surface area (Å²) in [5, 5.41) is 12.5. The van der Waals surface area contributed by atoms with Crippen LogP contribution in [0.4, 0.5) is 5.13 Å². The zero-order chi connectivity index (χ0) is 46.5. The minimum atomic E-state index is -0.948. The van der Waals surface area contributed by atoms with Gasteiger partial charge in [-0.25, -0.2) is 9.78 Å². The zero-order valence-electron chi connectivity index (χ0n) is 37.9. The van der Waals surface area contributed by atoms with E-state index in [1.165, 1.54) is 46.2 Å². The second-order valence-electron chi connectivity index (χ2n) is 17.4. The van der Waals surface area contributed by atoms with Crippen molar-refractivity contribution in [2.75, 3.05) is 45.9 Å². The van der Waals surface area contributed by atoms with Crippen LogP contribution in [0.3, 0.4) is 0 Å². The maximum atomic E-state index is 14.4. The fourth-order valence-corrected chi connectivity index (χ4v) is 11.8. The number of β-lactam (4-membered cyclic amide) rings is 1. The first-order valence-corrected chi connectivity index (χ1v) is 24.2. The summed E-state index contributed by atoms with van der Waals surface area (Å²) in [7, 11) is 7.34. The molecule has 67 heavy (non-hydrogen) atoms. The fourth-order valence-electron chi connectivity index (χ4n) is 9.68. The number of aryl methyl sites for hydroxylation is 1. The highest BCUT2D eigenvalue weighted by Crippen LogP contribution is 2.44. The summed E-state index contributed by atoms with van der Waals surface area (Å²) in [6, 6.07) is 45.6. The van der Waals surface area contributed by atoms with Gasteiger partial charge in [-0.15, -0.1) is 23.1 Å². The number of likely N-dealkylation sites (N-methyl/N-ethyl adjacent to an activating group) is 1. The normalized spacial score (nSPS) is 18.3. The summed E-state index contributed by atoms with van der Waals surface area (Å²) < 4.78 is 11.9. The van der Waals surface area contributed by atoms with Crippen molar-refractivity contribution in [2.45, 2.75) is 48.9 Å². The third kappa shape index (κ3) is 9.08. The molecule has 0 spiro atoms. The number of thiazole rings is 1. The fraction of sp³-hybridized carbons (Fsp3) is 0.264. The molecule has 12 nitrogen and oxygen atoms in total. The minimum Gasteiger partial charge on any atom is -0.497 e. The molecule has 3 atom stereocenters. The van der Waals surface area contributed by atoms with Crippen molar-refractivity contribution >= 4 is 51.7 Å². The van der Waals surface area contributed by atoms with Gasteiger partial charge in [0.15, 0.2) is 10.8 Å². The molecule has 0 radical (unpaired) electrons. The molecule has 5 aromatic carbocycles. The molecular formula is C53H53N6O6S2+. The highest BCUT2D eigenvalue weighted by Gasteiger charge is 2.55. The Balaban J connectivity index is 0.974. The number of oxime groups is 1. The Morgan fingerprint density at radius 1 is 0.851 bits per heavy atom. The number of quaternary nitrogens is 1. The lowest BCUT2D eigenvalue weighted by molar-refractivity contribution is -0.917. The van der Waals surface area contributed by atoms with Gasteiger partial charge in [0.25, 0.3) is 11.8 Å². The highest BCUT2D eigenvalue weighted by molar-refractivity contribution is 8.00. The summed E-state index contributed by atoms with van der Waals surface area (Å²) in [6.45, 7) is 0.537. The number of carbonyl (C=O) groups excluding carboxylic acids is 3. The second kappa shape index (κ2) is 19.6. The van der Waals surface area contributed by atoms with Crippen LogP contribution in [-0.2, 0) is 42.5 Å². The predicted octanol–water partition coefficient (Wildman–Crippen LogP) is 8.46. The summed E-state index contributed by atoms with van der Waals surface area (Å²) in [5.41, 5.74) is 6.83. The van der Waals surface area contributed by atoms with Gasteiger partial charge in [-0.1, -0.05) is 133 Å². The number of ether oxygens (including phenoxy) is 2. The van der Waals surface area contributed by atoms with E-state index in [2.05, 4.69) is 90.5 Å². The maximum Gasteiger partial charge on any atom is 0.355 e. The minimum absolute atomic E-state index is 0.0123. The summed E-state index contributed by atoms with van der Waals surface area (Å²) in [4.78, 5) is 54.6. The Labute approximate surface area is 399 Å². The van der Waals surface area contributed by atoms with Gasteiger partial charge in [-0.05, 0) is 52.8 Å². The number of hydrogen-bond acceptors (Lipinski definition) is 11. The average molecular weight is 934 g/mol. The van der Waals surface area contributed by atoms with E-state index in [1.807, 2.05) is 78.9 Å². The summed E-state index contributed by atoms with van der Waals surface area (Å²) >= 11 is 2.84. The number of anilines is 1. The number of carbonyl (C=O) groups is 3. The number of fused-ring (bicyclic) bond motifs is 2. The molecule has 3 aliphatic rings. The molecule has 9 rings (SSSR count). The highest BCUT2D eigenvalue weighted by atomic mass is 32.2. The average Bonchev–Trinajstić information content (AvgIpc) is 3.84. The van der Waals surface area contributed by atoms with Crippen LogP contribution in [0.15, 0.2) is 161 Å². The topological polar surface area (TPSA) is 131 Å². The lowest BCUT2D eigenvalue weighted by atomic mass is 9.77. The van der Waals surface area contributed by atoms with Gasteiger partial charge in [-0.2, -0.15) is 0 Å². The van der Waals surface area contributed by atoms with Crippen molar-refractivity contribution in [1.29, 1.82) is 0 Å². The van der Waals surface area contributed by atoms with Gasteiger partial charge in [-0.3, -0.25) is 14.5 Å². The quantitative estimate of drug-likeness (QED) is 0.0245. The van der Waals surface area contributed by atoms with Gasteiger partial charge in [0.05, 0.1) is 21.2 Å². The third-order valence-electron chi connectivity index (χ3n) is 12.9. The summed E-state index contributed by atoms with van der Waals surface area (Å²) in [6.07, 6.45) is 3.13. The molecule has 0 saturated carbocycles. The van der Waals surface area contributed by atoms with E-state index >= 15 is 0 Å². The lowest BCUT2D eigenvalue weighted by Gasteiger charge is -2.50. The zero-order valence-corrected chi connectivity index (χ0v) is 39.5. The van der Waals surface area contributed by atoms with E-state index in [1.54, 1.807) is 12.5 Å². The Morgan fingerprint density at radius 2 is 1.48 bits per heavy atom. The smallest absolute Gasteiger partial charge is 0.355 e. The first-order valence-electron chi connectivity index (χ1n) is 22.3. The molecule has 1 fully saturated rings. The van der Waals surface area contributed by atoms with E-state index in [4.69, 9.17) is 19.3 Å². The van der Waals surface area contributed by atoms with Crippen LogP contribution in [0.25, 0.3) is 0 Å². The number of nitrogens with zero attached hydrogens (tertiary/aromatic N) is 4. The van der Waals surface area contributed by atoms with Gasteiger partial charge >= 0.3 is 5.97 Å². The van der Waals surface area contributed by atoms with E-state index in [0.29, 0.717) is 27.7 Å². The number of thioether (sulfide) groups is 1. The molecule has 2 aliphatic heterocycles. The first-order chi connectivity index (χ1) is 32.6. The standard InChI is InChI=1S/C53H52N6O6S2/c1-59(2,44-26-16-18-36-17-14-15-25-42(36)44)31-37-33-66-50-46(49(61)58(50)47(37)51(62)65-32-35-27-29-41(63-3)30-28-35)55-48(60)45(57-64-4)43-34-67-52(54-43)56-53(38-19-8-5-9-20-38,39-21-10-6-11-22-39)40-23-12-7-13-24-40/h5-15,17,19-25,27-30,34,44,46,50H,16,18,26,31-33H2,1-4H3,(H-,54,55,56,60)/p+1/b57-45-/t44?,46-,50?/m1/s1. The van der Waals surface area contributed by atoms with Gasteiger partial charge < -0.3 is 29.4 Å². The van der Waals surface area contributed by atoms with Gasteiger partial charge in [0.2, 0.25) is 0 Å². The Hall–Kier alpha value is -6.74. The SMILES string of the molecule is CO/N=C(\C(=O)N[C@@H]1C(=O)N2C(C(=O)OCc3ccc(OC)cc3)=C(C[N+](C)(C)C3CCCc4ccccc43)CSC12)c1csc(NC(c2ccccc2)(c2ccccc2)c2ccccc2)n1. The largest absolute Gasteiger partial charge is 0.497 e. The molecule has 1 aliphatic carbocycles. The number of esters is 1. The number of methoxy groups -OCH3 is 1. The predicted molar refractivity (Wildman–Crippen MR) is 262 cm³/mol. The van der Waals surface area contributed by atoms with Crippen LogP contribution in [0.2, 0.25) is 0 Å². The molecule has 2 N–H and O–H groups in total. The number of amides is 2. The number of rotatable bonds is 16. The van der Waals surface area contributed by atoms with Crippen molar-refractivity contribution in [1.82, 2.24) is 15.2 Å². The number of aromatic nitrogens is 1. The molecule has 1 saturated heterocycles. The Morgan fingerprint density at radius 3 is 2.10 bits per heavy atom. The number of nitrogens with one attached hydrogen (secondary N) is 2. The van der Waals surface area contributed by atoms with Crippen molar-refractivity contribution in [3.8, 4) is 5.75 Å². The third-order valence-corrected chi connectivity index (χ3v) is 15.0. The van der Waals surface area contributed by atoms with E-state index in [0.717, 1.165) is 47.1 Å². The molecule has 3 heterocycles. The van der Waals surface area contributed by atoms with Crippen molar-refractivity contribution in [3.05, 3.63) is 195 Å².